The fraction of sp³-hybridized carbons (Fsp3) is 0.438. The van der Waals surface area contributed by atoms with Crippen molar-refractivity contribution in [1.82, 2.24) is 4.98 Å². The molecule has 1 aromatic carbocycles. The van der Waals surface area contributed by atoms with Crippen molar-refractivity contribution >= 4 is 22.2 Å². The summed E-state index contributed by atoms with van der Waals surface area (Å²) in [6.07, 6.45) is 4.22. The van der Waals surface area contributed by atoms with Crippen molar-refractivity contribution in [3.8, 4) is 5.75 Å². The van der Waals surface area contributed by atoms with Crippen LogP contribution in [0.1, 0.15) is 23.3 Å². The molecule has 3 rings (SSSR count). The van der Waals surface area contributed by atoms with Gasteiger partial charge >= 0.3 is 0 Å². The van der Waals surface area contributed by atoms with Gasteiger partial charge in [0.1, 0.15) is 12.4 Å². The molecule has 1 aliphatic heterocycles. The molecular weight excluding hydrogens is 298 g/mol. The van der Waals surface area contributed by atoms with Crippen molar-refractivity contribution in [3.63, 3.8) is 0 Å². The Kier molecular flexibility index (Phi) is 4.80. The van der Waals surface area contributed by atoms with E-state index in [1.165, 1.54) is 16.9 Å². The zero-order valence-corrected chi connectivity index (χ0v) is 13.5. The van der Waals surface area contributed by atoms with Crippen LogP contribution < -0.4 is 15.8 Å². The number of nitrogens with two attached hydrogens (primary N) is 1. The summed E-state index contributed by atoms with van der Waals surface area (Å²) in [6, 6.07) is 6.17. The van der Waals surface area contributed by atoms with Gasteiger partial charge in [0.15, 0.2) is 5.13 Å². The molecule has 1 unspecified atom stereocenters. The number of nitrogen functional groups attached to an aromatic ring is 1. The zero-order chi connectivity index (χ0) is 15.4. The molecule has 0 aliphatic carbocycles. The highest BCUT2D eigenvalue weighted by Gasteiger charge is 2.17. The summed E-state index contributed by atoms with van der Waals surface area (Å²) in [5, 5.41) is 3.99. The minimum absolute atomic E-state index is 0.217. The van der Waals surface area contributed by atoms with E-state index in [1.807, 2.05) is 6.07 Å². The highest BCUT2D eigenvalue weighted by Crippen LogP contribution is 2.28. The average molecular weight is 319 g/mol. The van der Waals surface area contributed by atoms with Gasteiger partial charge in [0.2, 0.25) is 0 Å². The molecule has 118 valence electrons. The van der Waals surface area contributed by atoms with Gasteiger partial charge in [-0.15, -0.1) is 11.3 Å². The molecule has 2 aromatic rings. The third kappa shape index (κ3) is 3.90. The smallest absolute Gasteiger partial charge is 0.180 e. The summed E-state index contributed by atoms with van der Waals surface area (Å²) < 4.78 is 11.6. The number of thiazole rings is 1. The van der Waals surface area contributed by atoms with Crippen LogP contribution >= 0.6 is 11.3 Å². The zero-order valence-electron chi connectivity index (χ0n) is 12.7. The normalized spacial score (nSPS) is 17.6. The molecule has 5 nitrogen and oxygen atoms in total. The molecule has 1 fully saturated rings. The van der Waals surface area contributed by atoms with E-state index >= 15 is 0 Å². The van der Waals surface area contributed by atoms with Crippen molar-refractivity contribution < 1.29 is 9.47 Å². The first-order valence-electron chi connectivity index (χ1n) is 7.50. The van der Waals surface area contributed by atoms with Crippen molar-refractivity contribution in [2.45, 2.75) is 32.4 Å². The van der Waals surface area contributed by atoms with Crippen LogP contribution in [0, 0.1) is 6.92 Å². The summed E-state index contributed by atoms with van der Waals surface area (Å²) in [6.45, 7) is 4.20. The minimum Gasteiger partial charge on any atom is -0.489 e. The molecule has 0 radical (unpaired) electrons. The Bertz CT molecular complexity index is 624. The van der Waals surface area contributed by atoms with Crippen LogP contribution in [0.25, 0.3) is 0 Å². The number of rotatable bonds is 6. The Hall–Kier alpha value is -1.79. The molecule has 0 saturated carbocycles. The molecule has 0 spiro atoms. The van der Waals surface area contributed by atoms with Gasteiger partial charge in [0.25, 0.3) is 0 Å². The Morgan fingerprint density at radius 2 is 2.41 bits per heavy atom. The van der Waals surface area contributed by atoms with E-state index in [2.05, 4.69) is 29.4 Å². The maximum atomic E-state index is 5.97. The van der Waals surface area contributed by atoms with Crippen molar-refractivity contribution in [3.05, 3.63) is 34.8 Å². The van der Waals surface area contributed by atoms with Crippen LogP contribution in [-0.2, 0) is 11.3 Å². The van der Waals surface area contributed by atoms with Gasteiger partial charge in [0.05, 0.1) is 18.3 Å². The average Bonchev–Trinajstić information content (AvgIpc) is 3.15. The van der Waals surface area contributed by atoms with Crippen molar-refractivity contribution in [2.75, 3.05) is 24.3 Å². The molecule has 1 aromatic heterocycles. The van der Waals surface area contributed by atoms with Gasteiger partial charge in [-0.1, -0.05) is 6.07 Å². The number of aromatic nitrogens is 1. The molecule has 6 heteroatoms. The van der Waals surface area contributed by atoms with Gasteiger partial charge in [-0.25, -0.2) is 4.98 Å². The predicted molar refractivity (Wildman–Crippen MR) is 89.5 cm³/mol. The quantitative estimate of drug-likeness (QED) is 0.855. The highest BCUT2D eigenvalue weighted by molar-refractivity contribution is 7.15. The third-order valence-electron chi connectivity index (χ3n) is 3.61. The number of anilines is 2. The van der Waals surface area contributed by atoms with Crippen LogP contribution in [0.5, 0.6) is 5.75 Å². The Balaban J connectivity index is 1.64. The molecular formula is C16H21N3O2S. The molecule has 1 aliphatic rings. The fourth-order valence-corrected chi connectivity index (χ4v) is 3.06. The second-order valence-electron chi connectivity index (χ2n) is 5.46. The predicted octanol–water partition coefficient (Wildman–Crippen LogP) is 3.20. The maximum absolute atomic E-state index is 5.97. The van der Waals surface area contributed by atoms with E-state index in [1.54, 1.807) is 6.20 Å². The highest BCUT2D eigenvalue weighted by atomic mass is 32.1. The number of ether oxygens (including phenoxy) is 2. The van der Waals surface area contributed by atoms with E-state index in [9.17, 15) is 0 Å². The van der Waals surface area contributed by atoms with Crippen LogP contribution in [0.2, 0.25) is 0 Å². The van der Waals surface area contributed by atoms with Crippen molar-refractivity contribution in [2.24, 2.45) is 0 Å². The fourth-order valence-electron chi connectivity index (χ4n) is 2.44. The molecule has 3 N–H and O–H groups in total. The topological polar surface area (TPSA) is 69.4 Å². The molecule has 22 heavy (non-hydrogen) atoms. The monoisotopic (exact) mass is 319 g/mol. The number of nitrogens with one attached hydrogen (secondary N) is 1. The van der Waals surface area contributed by atoms with E-state index in [0.29, 0.717) is 18.3 Å². The Morgan fingerprint density at radius 3 is 3.14 bits per heavy atom. The molecule has 1 saturated heterocycles. The second-order valence-corrected chi connectivity index (χ2v) is 6.61. The standard InChI is InChI=1S/C16H21N3O2S/c1-11-4-5-14(18-8-13-9-19-16(17)22-13)15(7-11)21-10-12-3-2-6-20-12/h4-5,7,9,12,18H,2-3,6,8,10H2,1H3,(H2,17,19). The van der Waals surface area contributed by atoms with Crippen molar-refractivity contribution in [1.29, 1.82) is 0 Å². The van der Waals surface area contributed by atoms with Crippen LogP contribution in [0.4, 0.5) is 10.8 Å². The summed E-state index contributed by atoms with van der Waals surface area (Å²) >= 11 is 1.49. The SMILES string of the molecule is Cc1ccc(NCc2cnc(N)s2)c(OCC2CCCO2)c1. The Labute approximate surface area is 134 Å². The summed E-state index contributed by atoms with van der Waals surface area (Å²) in [4.78, 5) is 5.16. The molecule has 0 bridgehead atoms. The first kappa shape index (κ1) is 15.1. The van der Waals surface area contributed by atoms with E-state index in [4.69, 9.17) is 15.2 Å². The number of aryl methyl sites for hydroxylation is 1. The number of hydrogen-bond acceptors (Lipinski definition) is 6. The van der Waals surface area contributed by atoms with Gasteiger partial charge in [-0.05, 0) is 37.5 Å². The molecule has 0 amide bonds. The Morgan fingerprint density at radius 1 is 1.50 bits per heavy atom. The number of nitrogens with zero attached hydrogens (tertiary/aromatic N) is 1. The number of hydrogen-bond donors (Lipinski definition) is 2. The van der Waals surface area contributed by atoms with Gasteiger partial charge in [-0.3, -0.25) is 0 Å². The van der Waals surface area contributed by atoms with E-state index in [0.717, 1.165) is 35.8 Å². The third-order valence-corrected chi connectivity index (χ3v) is 4.44. The largest absolute Gasteiger partial charge is 0.489 e. The number of benzene rings is 1. The minimum atomic E-state index is 0.217. The molecule has 2 heterocycles. The first-order chi connectivity index (χ1) is 10.7. The summed E-state index contributed by atoms with van der Waals surface area (Å²) in [5.41, 5.74) is 7.81. The van der Waals surface area contributed by atoms with Crippen LogP contribution in [0.3, 0.4) is 0 Å². The summed E-state index contributed by atoms with van der Waals surface area (Å²) in [5.74, 6) is 0.869. The van der Waals surface area contributed by atoms with Gasteiger partial charge < -0.3 is 20.5 Å². The van der Waals surface area contributed by atoms with E-state index < -0.39 is 0 Å². The lowest BCUT2D eigenvalue weighted by molar-refractivity contribution is 0.0682. The van der Waals surface area contributed by atoms with Gasteiger partial charge in [-0.2, -0.15) is 0 Å². The van der Waals surface area contributed by atoms with E-state index in [-0.39, 0.29) is 6.10 Å². The lowest BCUT2D eigenvalue weighted by Gasteiger charge is -2.16. The molecule has 1 atom stereocenters. The summed E-state index contributed by atoms with van der Waals surface area (Å²) in [7, 11) is 0. The van der Waals surface area contributed by atoms with Gasteiger partial charge in [0, 0.05) is 17.7 Å². The lowest BCUT2D eigenvalue weighted by atomic mass is 10.2. The van der Waals surface area contributed by atoms with Crippen LogP contribution in [-0.4, -0.2) is 24.3 Å². The maximum Gasteiger partial charge on any atom is 0.180 e. The first-order valence-corrected chi connectivity index (χ1v) is 8.31. The second kappa shape index (κ2) is 6.98. The van der Waals surface area contributed by atoms with Crippen LogP contribution in [0.15, 0.2) is 24.4 Å². The lowest BCUT2D eigenvalue weighted by Crippen LogP contribution is -2.17.